The SMILES string of the molecule is Cc1cccc(NC(C)c2cc(F)ccc2F)c1C. The first-order valence-corrected chi connectivity index (χ1v) is 6.26. The Labute approximate surface area is 112 Å². The van der Waals surface area contributed by atoms with Crippen LogP contribution in [0.25, 0.3) is 0 Å². The van der Waals surface area contributed by atoms with Crippen molar-refractivity contribution in [3.05, 3.63) is 64.7 Å². The predicted octanol–water partition coefficient (Wildman–Crippen LogP) is 4.75. The number of hydrogen-bond acceptors (Lipinski definition) is 1. The summed E-state index contributed by atoms with van der Waals surface area (Å²) in [7, 11) is 0. The van der Waals surface area contributed by atoms with Gasteiger partial charge < -0.3 is 5.32 Å². The Morgan fingerprint density at radius 3 is 2.53 bits per heavy atom. The number of halogens is 2. The molecule has 0 spiro atoms. The Kier molecular flexibility index (Phi) is 3.84. The maximum Gasteiger partial charge on any atom is 0.128 e. The molecule has 1 unspecified atom stereocenters. The highest BCUT2D eigenvalue weighted by molar-refractivity contribution is 5.55. The van der Waals surface area contributed by atoms with E-state index in [0.717, 1.165) is 28.9 Å². The third kappa shape index (κ3) is 2.92. The summed E-state index contributed by atoms with van der Waals surface area (Å²) in [5.41, 5.74) is 3.56. The smallest absolute Gasteiger partial charge is 0.128 e. The van der Waals surface area contributed by atoms with Crippen molar-refractivity contribution < 1.29 is 8.78 Å². The lowest BCUT2D eigenvalue weighted by atomic mass is 10.0. The zero-order valence-electron chi connectivity index (χ0n) is 11.3. The van der Waals surface area contributed by atoms with Gasteiger partial charge >= 0.3 is 0 Å². The standard InChI is InChI=1S/C16H17F2N/c1-10-5-4-6-16(11(10)2)19-12(3)14-9-13(17)7-8-15(14)18/h4-9,12,19H,1-3H3. The first kappa shape index (κ1) is 13.5. The van der Waals surface area contributed by atoms with E-state index in [1.165, 1.54) is 6.07 Å². The number of rotatable bonds is 3. The van der Waals surface area contributed by atoms with E-state index in [0.29, 0.717) is 5.56 Å². The highest BCUT2D eigenvalue weighted by Crippen LogP contribution is 2.25. The van der Waals surface area contributed by atoms with Gasteiger partial charge in [0.25, 0.3) is 0 Å². The summed E-state index contributed by atoms with van der Waals surface area (Å²) in [6, 6.07) is 9.13. The Hall–Kier alpha value is -1.90. The van der Waals surface area contributed by atoms with Gasteiger partial charge in [0.2, 0.25) is 0 Å². The number of anilines is 1. The molecular formula is C16H17F2N. The van der Waals surface area contributed by atoms with Gasteiger partial charge in [0.15, 0.2) is 0 Å². The van der Waals surface area contributed by atoms with Gasteiger partial charge in [0, 0.05) is 11.3 Å². The number of nitrogens with one attached hydrogen (secondary N) is 1. The van der Waals surface area contributed by atoms with E-state index in [-0.39, 0.29) is 6.04 Å². The summed E-state index contributed by atoms with van der Waals surface area (Å²) in [4.78, 5) is 0. The van der Waals surface area contributed by atoms with E-state index in [1.807, 2.05) is 39.0 Å². The Bertz CT molecular complexity index is 593. The van der Waals surface area contributed by atoms with Crippen molar-refractivity contribution in [1.82, 2.24) is 0 Å². The molecule has 1 N–H and O–H groups in total. The van der Waals surface area contributed by atoms with Crippen LogP contribution in [0, 0.1) is 25.5 Å². The minimum atomic E-state index is -0.425. The molecule has 2 aromatic carbocycles. The molecule has 2 aromatic rings. The second-order valence-electron chi connectivity index (χ2n) is 4.78. The Balaban J connectivity index is 2.28. The third-order valence-corrected chi connectivity index (χ3v) is 3.40. The fraction of sp³-hybridized carbons (Fsp3) is 0.250. The van der Waals surface area contributed by atoms with Gasteiger partial charge in [-0.1, -0.05) is 12.1 Å². The monoisotopic (exact) mass is 261 g/mol. The van der Waals surface area contributed by atoms with Crippen LogP contribution in [0.5, 0.6) is 0 Å². The number of benzene rings is 2. The van der Waals surface area contributed by atoms with E-state index in [9.17, 15) is 8.78 Å². The summed E-state index contributed by atoms with van der Waals surface area (Å²) in [5.74, 6) is -0.822. The van der Waals surface area contributed by atoms with Crippen LogP contribution in [0.4, 0.5) is 14.5 Å². The molecular weight excluding hydrogens is 244 g/mol. The summed E-state index contributed by atoms with van der Waals surface area (Å²) < 4.78 is 26.9. The molecule has 0 aromatic heterocycles. The van der Waals surface area contributed by atoms with Gasteiger partial charge in [-0.15, -0.1) is 0 Å². The van der Waals surface area contributed by atoms with E-state index in [4.69, 9.17) is 0 Å². The first-order chi connectivity index (χ1) is 8.99. The lowest BCUT2D eigenvalue weighted by molar-refractivity contribution is 0.577. The molecule has 19 heavy (non-hydrogen) atoms. The van der Waals surface area contributed by atoms with Gasteiger partial charge in [-0.3, -0.25) is 0 Å². The van der Waals surface area contributed by atoms with Crippen LogP contribution in [0.1, 0.15) is 29.7 Å². The van der Waals surface area contributed by atoms with Crippen LogP contribution < -0.4 is 5.32 Å². The van der Waals surface area contributed by atoms with E-state index < -0.39 is 11.6 Å². The molecule has 2 rings (SSSR count). The van der Waals surface area contributed by atoms with Crippen LogP contribution in [0.15, 0.2) is 36.4 Å². The molecule has 0 bridgehead atoms. The van der Waals surface area contributed by atoms with Crippen LogP contribution in [0.3, 0.4) is 0 Å². The van der Waals surface area contributed by atoms with Crippen molar-refractivity contribution in [3.8, 4) is 0 Å². The molecule has 3 heteroatoms. The zero-order valence-corrected chi connectivity index (χ0v) is 11.3. The van der Waals surface area contributed by atoms with Crippen molar-refractivity contribution in [2.24, 2.45) is 0 Å². The maximum absolute atomic E-state index is 13.7. The molecule has 0 aliphatic rings. The molecule has 100 valence electrons. The van der Waals surface area contributed by atoms with Crippen molar-refractivity contribution >= 4 is 5.69 Å². The second-order valence-corrected chi connectivity index (χ2v) is 4.78. The third-order valence-electron chi connectivity index (χ3n) is 3.40. The van der Waals surface area contributed by atoms with Crippen molar-refractivity contribution in [3.63, 3.8) is 0 Å². The highest BCUT2D eigenvalue weighted by atomic mass is 19.1. The quantitative estimate of drug-likeness (QED) is 0.840. The van der Waals surface area contributed by atoms with Gasteiger partial charge in [0.05, 0.1) is 6.04 Å². The summed E-state index contributed by atoms with van der Waals surface area (Å²) in [6.45, 7) is 5.85. The fourth-order valence-corrected chi connectivity index (χ4v) is 2.06. The predicted molar refractivity (Wildman–Crippen MR) is 74.3 cm³/mol. The molecule has 1 atom stereocenters. The molecule has 0 aliphatic carbocycles. The van der Waals surface area contributed by atoms with Gasteiger partial charge in [0.1, 0.15) is 11.6 Å². The van der Waals surface area contributed by atoms with Gasteiger partial charge in [-0.2, -0.15) is 0 Å². The average molecular weight is 261 g/mol. The molecule has 0 radical (unpaired) electrons. The molecule has 0 saturated carbocycles. The minimum Gasteiger partial charge on any atom is -0.378 e. The maximum atomic E-state index is 13.7. The highest BCUT2D eigenvalue weighted by Gasteiger charge is 2.13. The second kappa shape index (κ2) is 5.39. The fourth-order valence-electron chi connectivity index (χ4n) is 2.06. The van der Waals surface area contributed by atoms with E-state index in [2.05, 4.69) is 5.32 Å². The molecule has 0 heterocycles. The molecule has 1 nitrogen and oxygen atoms in total. The van der Waals surface area contributed by atoms with Crippen molar-refractivity contribution in [2.75, 3.05) is 5.32 Å². The normalized spacial score (nSPS) is 12.3. The van der Waals surface area contributed by atoms with E-state index in [1.54, 1.807) is 0 Å². The topological polar surface area (TPSA) is 12.0 Å². The zero-order chi connectivity index (χ0) is 14.0. The first-order valence-electron chi connectivity index (χ1n) is 6.26. The van der Waals surface area contributed by atoms with Crippen LogP contribution in [-0.4, -0.2) is 0 Å². The van der Waals surface area contributed by atoms with Crippen LogP contribution in [0.2, 0.25) is 0 Å². The minimum absolute atomic E-state index is 0.295. The number of hydrogen-bond donors (Lipinski definition) is 1. The lowest BCUT2D eigenvalue weighted by Gasteiger charge is -2.19. The average Bonchev–Trinajstić information content (AvgIpc) is 2.38. The van der Waals surface area contributed by atoms with Gasteiger partial charge in [-0.25, -0.2) is 8.78 Å². The summed E-state index contributed by atoms with van der Waals surface area (Å²) in [5, 5.41) is 3.23. The molecule has 0 saturated heterocycles. The van der Waals surface area contributed by atoms with Crippen LogP contribution >= 0.6 is 0 Å². The van der Waals surface area contributed by atoms with E-state index >= 15 is 0 Å². The van der Waals surface area contributed by atoms with Gasteiger partial charge in [-0.05, 0) is 56.2 Å². The lowest BCUT2D eigenvalue weighted by Crippen LogP contribution is -2.10. The Morgan fingerprint density at radius 2 is 1.79 bits per heavy atom. The Morgan fingerprint density at radius 1 is 1.05 bits per heavy atom. The van der Waals surface area contributed by atoms with Crippen molar-refractivity contribution in [2.45, 2.75) is 26.8 Å². The molecule has 0 amide bonds. The number of aryl methyl sites for hydroxylation is 1. The van der Waals surface area contributed by atoms with Crippen molar-refractivity contribution in [1.29, 1.82) is 0 Å². The molecule has 0 fully saturated rings. The van der Waals surface area contributed by atoms with Crippen LogP contribution in [-0.2, 0) is 0 Å². The largest absolute Gasteiger partial charge is 0.378 e. The summed E-state index contributed by atoms with van der Waals surface area (Å²) in [6.07, 6.45) is 0. The molecule has 0 aliphatic heterocycles. The summed E-state index contributed by atoms with van der Waals surface area (Å²) >= 11 is 0.